The van der Waals surface area contributed by atoms with Gasteiger partial charge in [0, 0.05) is 54.1 Å². The van der Waals surface area contributed by atoms with E-state index >= 15 is 0 Å². The molecule has 6 bridgehead atoms. The Morgan fingerprint density at radius 3 is 2.52 bits per heavy atom. The van der Waals surface area contributed by atoms with Crippen LogP contribution in [0.25, 0.3) is 33.3 Å². The standard InChI is InChI=1S/C49H59F3N6O6/c1-8-42(59)56-24-34(25-56)63-26-38(29(2)3)45(60)54-40-21-31-12-9-13-32(20-31)33-16-17-41-36(22-33)37(23-48(6,7)28-64-47(62)39-15-11-19-58(55-39)46(40)61)44(57(41)27-49(50,51)52)35-14-10-18-53-43(35)30(4)5/h8-10,12-14,16-18,20,22,29-30,34,38-40,55H,1,11,15,19,21,23-28H2,2-7H3,(H,54,60)/t38?,39-,40-/m0/s1. The predicted molar refractivity (Wildman–Crippen MR) is 238 cm³/mol. The Morgan fingerprint density at radius 1 is 1.06 bits per heavy atom. The number of cyclic esters (lactones) is 1. The average Bonchev–Trinajstić information content (AvgIpc) is 3.51. The number of rotatable bonds is 10. The average molecular weight is 885 g/mol. The Hall–Kier alpha value is -5.54. The van der Waals surface area contributed by atoms with Crippen LogP contribution in [-0.2, 0) is 48.0 Å². The number of aromatic nitrogens is 2. The Morgan fingerprint density at radius 2 is 1.81 bits per heavy atom. The SMILES string of the molecule is C=CC(=O)N1CC(OCC(C(=O)N[C@H]2Cc3cccc(c3)-c3ccc4c(c3)c(c(-c3cccnc3C(C)C)n4CC(F)(F)F)CC(C)(C)COC(=O)[C@@H]3CCCN(N3)C2=O)C(C)C)C1. The fraction of sp³-hybridized carbons (Fsp3) is 0.490. The second-order valence-electron chi connectivity index (χ2n) is 18.8. The summed E-state index contributed by atoms with van der Waals surface area (Å²) in [4.78, 5) is 60.7. The topological polar surface area (TPSA) is 135 Å². The van der Waals surface area contributed by atoms with Gasteiger partial charge in [-0.15, -0.1) is 0 Å². The minimum absolute atomic E-state index is 0.0457. The molecule has 0 radical (unpaired) electrons. The van der Waals surface area contributed by atoms with Crippen LogP contribution in [0.5, 0.6) is 0 Å². The zero-order chi connectivity index (χ0) is 46.1. The number of alkyl halides is 3. The first-order chi connectivity index (χ1) is 30.3. The number of nitrogens with one attached hydrogen (secondary N) is 2. The number of hydrogen-bond donors (Lipinski definition) is 2. The summed E-state index contributed by atoms with van der Waals surface area (Å²) in [6.07, 6.45) is -0.583. The second kappa shape index (κ2) is 18.9. The molecule has 64 heavy (non-hydrogen) atoms. The monoisotopic (exact) mass is 884 g/mol. The van der Waals surface area contributed by atoms with Crippen molar-refractivity contribution in [3.63, 3.8) is 0 Å². The molecular formula is C49H59F3N6O6. The molecule has 15 heteroatoms. The first-order valence-electron chi connectivity index (χ1n) is 22.2. The summed E-state index contributed by atoms with van der Waals surface area (Å²) in [7, 11) is 0. The Labute approximate surface area is 372 Å². The number of amides is 3. The quantitative estimate of drug-likeness (QED) is 0.125. The molecule has 2 aromatic heterocycles. The van der Waals surface area contributed by atoms with Gasteiger partial charge in [0.25, 0.3) is 5.91 Å². The van der Waals surface area contributed by atoms with Gasteiger partial charge in [-0.1, -0.05) is 78.5 Å². The number of hydrogen-bond acceptors (Lipinski definition) is 8. The molecular weight excluding hydrogens is 826 g/mol. The zero-order valence-electron chi connectivity index (χ0n) is 37.5. The number of hydrazine groups is 1. The highest BCUT2D eigenvalue weighted by Gasteiger charge is 2.38. The van der Waals surface area contributed by atoms with Crippen molar-refractivity contribution in [3.8, 4) is 22.4 Å². The summed E-state index contributed by atoms with van der Waals surface area (Å²) in [5.74, 6) is -2.38. The van der Waals surface area contributed by atoms with Gasteiger partial charge in [0.1, 0.15) is 18.6 Å². The van der Waals surface area contributed by atoms with Crippen LogP contribution < -0.4 is 10.7 Å². The summed E-state index contributed by atoms with van der Waals surface area (Å²) >= 11 is 0. The van der Waals surface area contributed by atoms with Crippen LogP contribution in [0.15, 0.2) is 73.4 Å². The minimum atomic E-state index is -4.54. The van der Waals surface area contributed by atoms with Crippen molar-refractivity contribution in [1.29, 1.82) is 0 Å². The van der Waals surface area contributed by atoms with Crippen molar-refractivity contribution in [3.05, 3.63) is 90.3 Å². The number of fused-ring (bicyclic) bond motifs is 6. The molecule has 7 rings (SSSR count). The summed E-state index contributed by atoms with van der Waals surface area (Å²) in [5.41, 5.74) is 7.40. The van der Waals surface area contributed by atoms with E-state index in [9.17, 15) is 32.3 Å². The van der Waals surface area contributed by atoms with Crippen molar-refractivity contribution < 1.29 is 41.8 Å². The summed E-state index contributed by atoms with van der Waals surface area (Å²) < 4.78 is 57.2. The fourth-order valence-electron chi connectivity index (χ4n) is 8.97. The molecule has 0 aliphatic carbocycles. The lowest BCUT2D eigenvalue weighted by Crippen LogP contribution is -2.61. The molecule has 3 amide bonds. The van der Waals surface area contributed by atoms with E-state index in [-0.39, 0.29) is 55.8 Å². The third-order valence-corrected chi connectivity index (χ3v) is 12.4. The third-order valence-electron chi connectivity index (χ3n) is 12.4. The maximum absolute atomic E-state index is 14.6. The predicted octanol–water partition coefficient (Wildman–Crippen LogP) is 7.39. The highest BCUT2D eigenvalue weighted by atomic mass is 19.4. The molecule has 2 aromatic carbocycles. The molecule has 5 heterocycles. The first-order valence-corrected chi connectivity index (χ1v) is 22.2. The normalized spacial score (nSPS) is 20.2. The van der Waals surface area contributed by atoms with Gasteiger partial charge < -0.3 is 24.3 Å². The second-order valence-corrected chi connectivity index (χ2v) is 18.8. The molecule has 342 valence electrons. The van der Waals surface area contributed by atoms with Gasteiger partial charge in [0.05, 0.1) is 36.6 Å². The number of ether oxygens (including phenoxy) is 2. The Balaban J connectivity index is 1.30. The molecule has 2 fully saturated rings. The number of benzene rings is 2. The van der Waals surface area contributed by atoms with E-state index in [0.717, 1.165) is 16.7 Å². The van der Waals surface area contributed by atoms with Gasteiger partial charge in [-0.2, -0.15) is 13.2 Å². The summed E-state index contributed by atoms with van der Waals surface area (Å²) in [5, 5.41) is 5.06. The van der Waals surface area contributed by atoms with Crippen LogP contribution in [0.4, 0.5) is 13.2 Å². The molecule has 2 saturated heterocycles. The van der Waals surface area contributed by atoms with Crippen molar-refractivity contribution >= 4 is 34.6 Å². The van der Waals surface area contributed by atoms with E-state index < -0.39 is 48.0 Å². The molecule has 3 aliphatic rings. The highest BCUT2D eigenvalue weighted by molar-refractivity contribution is 5.95. The number of carbonyl (C=O) groups excluding carboxylic acids is 4. The largest absolute Gasteiger partial charge is 0.464 e. The van der Waals surface area contributed by atoms with E-state index in [1.807, 2.05) is 84.0 Å². The van der Waals surface area contributed by atoms with Gasteiger partial charge >= 0.3 is 12.1 Å². The fourth-order valence-corrected chi connectivity index (χ4v) is 8.97. The van der Waals surface area contributed by atoms with Gasteiger partial charge in [-0.05, 0) is 83.7 Å². The highest BCUT2D eigenvalue weighted by Crippen LogP contribution is 2.43. The molecule has 12 nitrogen and oxygen atoms in total. The zero-order valence-corrected chi connectivity index (χ0v) is 37.5. The van der Waals surface area contributed by atoms with E-state index in [4.69, 9.17) is 9.47 Å². The van der Waals surface area contributed by atoms with Crippen molar-refractivity contribution in [2.24, 2.45) is 17.3 Å². The maximum Gasteiger partial charge on any atom is 0.406 e. The number of halogens is 3. The van der Waals surface area contributed by atoms with Crippen LogP contribution in [0.1, 0.15) is 77.1 Å². The lowest BCUT2D eigenvalue weighted by Gasteiger charge is -2.39. The molecule has 3 atom stereocenters. The number of nitrogens with zero attached hydrogens (tertiary/aromatic N) is 4. The van der Waals surface area contributed by atoms with E-state index in [1.165, 1.54) is 15.7 Å². The summed E-state index contributed by atoms with van der Waals surface area (Å²) in [6.45, 7) is 15.0. The van der Waals surface area contributed by atoms with Crippen LogP contribution >= 0.6 is 0 Å². The van der Waals surface area contributed by atoms with Gasteiger partial charge in [0.15, 0.2) is 0 Å². The van der Waals surface area contributed by atoms with Gasteiger partial charge in [-0.3, -0.25) is 29.2 Å². The molecule has 2 N–H and O–H groups in total. The van der Waals surface area contributed by atoms with Crippen molar-refractivity contribution in [1.82, 2.24) is 30.2 Å². The van der Waals surface area contributed by atoms with Gasteiger partial charge in [-0.25, -0.2) is 5.43 Å². The van der Waals surface area contributed by atoms with E-state index in [2.05, 4.69) is 22.3 Å². The Bertz CT molecular complexity index is 2400. The van der Waals surface area contributed by atoms with Crippen molar-refractivity contribution in [2.45, 2.75) is 104 Å². The lowest BCUT2D eigenvalue weighted by molar-refractivity contribution is -0.155. The molecule has 0 spiro atoms. The van der Waals surface area contributed by atoms with Crippen LogP contribution in [0.3, 0.4) is 0 Å². The minimum Gasteiger partial charge on any atom is -0.464 e. The smallest absolute Gasteiger partial charge is 0.406 e. The summed E-state index contributed by atoms with van der Waals surface area (Å²) in [6, 6.07) is 14.7. The molecule has 3 aliphatic heterocycles. The van der Waals surface area contributed by atoms with E-state index in [1.54, 1.807) is 23.2 Å². The van der Waals surface area contributed by atoms with E-state index in [0.29, 0.717) is 65.9 Å². The lowest BCUT2D eigenvalue weighted by atomic mass is 9.83. The number of likely N-dealkylation sites (tertiary alicyclic amines) is 1. The number of pyridine rings is 1. The molecule has 4 aromatic rings. The Kier molecular flexibility index (Phi) is 13.7. The number of carbonyl (C=O) groups is 4. The number of esters is 1. The molecule has 1 unspecified atom stereocenters. The molecule has 0 saturated carbocycles. The third kappa shape index (κ3) is 10.4. The van der Waals surface area contributed by atoms with Gasteiger partial charge in [0.2, 0.25) is 11.8 Å². The maximum atomic E-state index is 14.6. The van der Waals surface area contributed by atoms with Crippen LogP contribution in [0.2, 0.25) is 0 Å². The van der Waals surface area contributed by atoms with Crippen LogP contribution in [0, 0.1) is 17.3 Å². The van der Waals surface area contributed by atoms with Crippen LogP contribution in [-0.4, -0.2) is 100 Å². The van der Waals surface area contributed by atoms with Crippen molar-refractivity contribution in [2.75, 3.05) is 32.8 Å². The first kappa shape index (κ1) is 46.5.